The predicted octanol–water partition coefficient (Wildman–Crippen LogP) is 5.13. The first-order chi connectivity index (χ1) is 9.65. The van der Waals surface area contributed by atoms with E-state index in [0.717, 1.165) is 31.3 Å². The number of aromatic nitrogens is 1. The first kappa shape index (κ1) is 13.3. The average molecular weight is 345 g/mol. The Balaban J connectivity index is 2.07. The molecule has 1 aromatic heterocycles. The minimum atomic E-state index is 0.750. The van der Waals surface area contributed by atoms with Crippen LogP contribution in [0.1, 0.15) is 5.56 Å². The lowest BCUT2D eigenvalue weighted by molar-refractivity contribution is 1.37. The number of nitrogen functional groups attached to an aromatic ring is 1. The van der Waals surface area contributed by atoms with E-state index in [1.165, 1.54) is 16.9 Å². The van der Waals surface area contributed by atoms with Gasteiger partial charge in [-0.15, -0.1) is 0 Å². The fraction of sp³-hybridized carbons (Fsp3) is 0.0625. The smallest absolute Gasteiger partial charge is 0.126 e. The quantitative estimate of drug-likeness (QED) is 0.699. The molecule has 3 rings (SSSR count). The highest BCUT2D eigenvalue weighted by atomic mass is 79.9. The Labute approximate surface area is 130 Å². The van der Waals surface area contributed by atoms with Gasteiger partial charge in [-0.3, -0.25) is 0 Å². The lowest BCUT2D eigenvalue weighted by Gasteiger charge is -2.02. The molecule has 0 fully saturated rings. The Hall–Kier alpha value is -1.65. The highest BCUT2D eigenvalue weighted by Gasteiger charge is 2.12. The van der Waals surface area contributed by atoms with Gasteiger partial charge >= 0.3 is 0 Å². The molecule has 0 unspecified atom stereocenters. The second-order valence-electron chi connectivity index (χ2n) is 4.56. The predicted molar refractivity (Wildman–Crippen MR) is 89.8 cm³/mol. The molecule has 0 spiro atoms. The van der Waals surface area contributed by atoms with Gasteiger partial charge in [-0.25, -0.2) is 4.98 Å². The van der Waals surface area contributed by atoms with Crippen LogP contribution in [0.5, 0.6) is 0 Å². The summed E-state index contributed by atoms with van der Waals surface area (Å²) in [5, 5.41) is 1.70. The first-order valence-corrected chi connectivity index (χ1v) is 7.84. The molecule has 0 saturated heterocycles. The summed E-state index contributed by atoms with van der Waals surface area (Å²) in [5.41, 5.74) is 10.3. The molecular weight excluding hydrogens is 332 g/mol. The molecule has 0 amide bonds. The van der Waals surface area contributed by atoms with Crippen LogP contribution in [-0.2, 0) is 0 Å². The van der Waals surface area contributed by atoms with Gasteiger partial charge in [0.1, 0.15) is 15.7 Å². The summed E-state index contributed by atoms with van der Waals surface area (Å²) in [7, 11) is 0. The van der Waals surface area contributed by atoms with Crippen LogP contribution < -0.4 is 5.73 Å². The van der Waals surface area contributed by atoms with E-state index in [-0.39, 0.29) is 0 Å². The summed E-state index contributed by atoms with van der Waals surface area (Å²) >= 11 is 5.08. The van der Waals surface area contributed by atoms with Crippen molar-refractivity contribution in [1.29, 1.82) is 0 Å². The topological polar surface area (TPSA) is 38.9 Å². The number of benzene rings is 2. The van der Waals surface area contributed by atoms with Gasteiger partial charge in [0.15, 0.2) is 0 Å². The van der Waals surface area contributed by atoms with E-state index in [0.29, 0.717) is 0 Å². The van der Waals surface area contributed by atoms with Crippen LogP contribution >= 0.6 is 27.3 Å². The molecule has 3 aromatic rings. The van der Waals surface area contributed by atoms with Crippen LogP contribution in [0.3, 0.4) is 0 Å². The number of nitrogens with zero attached hydrogens (tertiary/aromatic N) is 1. The SMILES string of the molecule is Cc1ccc(-c2nc(-c3ccccc3)sc2N)cc1Br. The van der Waals surface area contributed by atoms with Crippen molar-refractivity contribution >= 4 is 32.3 Å². The number of hydrogen-bond donors (Lipinski definition) is 1. The van der Waals surface area contributed by atoms with Gasteiger partial charge in [0.25, 0.3) is 0 Å². The second kappa shape index (κ2) is 5.38. The Morgan fingerprint density at radius 2 is 1.80 bits per heavy atom. The van der Waals surface area contributed by atoms with E-state index in [1.54, 1.807) is 0 Å². The molecule has 1 heterocycles. The maximum absolute atomic E-state index is 6.14. The Kier molecular flexibility index (Phi) is 3.59. The van der Waals surface area contributed by atoms with Crippen molar-refractivity contribution in [3.8, 4) is 21.8 Å². The van der Waals surface area contributed by atoms with E-state index in [4.69, 9.17) is 10.7 Å². The van der Waals surface area contributed by atoms with Gasteiger partial charge in [-0.05, 0) is 18.6 Å². The maximum atomic E-state index is 6.14. The number of rotatable bonds is 2. The van der Waals surface area contributed by atoms with Crippen molar-refractivity contribution < 1.29 is 0 Å². The molecule has 2 N–H and O–H groups in total. The van der Waals surface area contributed by atoms with E-state index >= 15 is 0 Å². The fourth-order valence-corrected chi connectivity index (χ4v) is 3.22. The lowest BCUT2D eigenvalue weighted by atomic mass is 10.1. The molecule has 2 nitrogen and oxygen atoms in total. The fourth-order valence-electron chi connectivity index (χ4n) is 1.98. The van der Waals surface area contributed by atoms with Crippen LogP contribution in [-0.4, -0.2) is 4.98 Å². The van der Waals surface area contributed by atoms with Gasteiger partial charge in [0, 0.05) is 15.6 Å². The maximum Gasteiger partial charge on any atom is 0.126 e. The summed E-state index contributed by atoms with van der Waals surface area (Å²) < 4.78 is 1.07. The van der Waals surface area contributed by atoms with Gasteiger partial charge in [0.2, 0.25) is 0 Å². The molecule has 0 aliphatic rings. The third-order valence-corrected chi connectivity index (χ3v) is 4.91. The standard InChI is InChI=1S/C16H13BrN2S/c1-10-7-8-12(9-13(10)17)14-15(18)20-16(19-14)11-5-3-2-4-6-11/h2-9H,18H2,1H3. The van der Waals surface area contributed by atoms with Gasteiger partial charge in [0.05, 0.1) is 0 Å². The largest absolute Gasteiger partial charge is 0.389 e. The molecule has 100 valence electrons. The monoisotopic (exact) mass is 344 g/mol. The summed E-state index contributed by atoms with van der Waals surface area (Å²) in [6.45, 7) is 2.06. The third-order valence-electron chi connectivity index (χ3n) is 3.12. The van der Waals surface area contributed by atoms with Crippen LogP contribution in [0.15, 0.2) is 53.0 Å². The van der Waals surface area contributed by atoms with Crippen molar-refractivity contribution in [3.63, 3.8) is 0 Å². The van der Waals surface area contributed by atoms with Gasteiger partial charge < -0.3 is 5.73 Å². The van der Waals surface area contributed by atoms with Crippen molar-refractivity contribution in [3.05, 3.63) is 58.6 Å². The lowest BCUT2D eigenvalue weighted by Crippen LogP contribution is -1.87. The van der Waals surface area contributed by atoms with E-state index in [1.807, 2.05) is 30.3 Å². The highest BCUT2D eigenvalue weighted by molar-refractivity contribution is 9.10. The van der Waals surface area contributed by atoms with Crippen molar-refractivity contribution in [1.82, 2.24) is 4.98 Å². The number of halogens is 1. The van der Waals surface area contributed by atoms with Crippen molar-refractivity contribution in [2.24, 2.45) is 0 Å². The molecule has 2 aromatic carbocycles. The minimum absolute atomic E-state index is 0.750. The van der Waals surface area contributed by atoms with Crippen LogP contribution in [0.4, 0.5) is 5.00 Å². The van der Waals surface area contributed by atoms with Gasteiger partial charge in [-0.2, -0.15) is 0 Å². The minimum Gasteiger partial charge on any atom is -0.389 e. The number of anilines is 1. The zero-order chi connectivity index (χ0) is 14.1. The average Bonchev–Trinajstić information content (AvgIpc) is 2.85. The third kappa shape index (κ3) is 2.49. The summed E-state index contributed by atoms with van der Waals surface area (Å²) in [6, 6.07) is 16.3. The molecule has 0 bridgehead atoms. The van der Waals surface area contributed by atoms with E-state index in [9.17, 15) is 0 Å². The first-order valence-electron chi connectivity index (χ1n) is 6.23. The van der Waals surface area contributed by atoms with Crippen molar-refractivity contribution in [2.75, 3.05) is 5.73 Å². The molecule has 20 heavy (non-hydrogen) atoms. The van der Waals surface area contributed by atoms with Crippen LogP contribution in [0, 0.1) is 6.92 Å². The zero-order valence-corrected chi connectivity index (χ0v) is 13.3. The van der Waals surface area contributed by atoms with Crippen LogP contribution in [0.2, 0.25) is 0 Å². The summed E-state index contributed by atoms with van der Waals surface area (Å²) in [6.07, 6.45) is 0. The molecule has 0 atom stereocenters. The Morgan fingerprint density at radius 3 is 2.50 bits per heavy atom. The molecule has 0 aliphatic carbocycles. The molecule has 4 heteroatoms. The number of thiazole rings is 1. The van der Waals surface area contributed by atoms with E-state index in [2.05, 4.69) is 41.1 Å². The molecule has 0 saturated carbocycles. The summed E-state index contributed by atoms with van der Waals surface area (Å²) in [4.78, 5) is 4.69. The van der Waals surface area contributed by atoms with Crippen molar-refractivity contribution in [2.45, 2.75) is 6.92 Å². The number of nitrogens with two attached hydrogens (primary N) is 1. The van der Waals surface area contributed by atoms with Gasteiger partial charge in [-0.1, -0.05) is 69.7 Å². The number of hydrogen-bond acceptors (Lipinski definition) is 3. The molecular formula is C16H13BrN2S. The Morgan fingerprint density at radius 1 is 1.05 bits per heavy atom. The highest BCUT2D eigenvalue weighted by Crippen LogP contribution is 2.36. The zero-order valence-electron chi connectivity index (χ0n) is 10.9. The summed E-state index contributed by atoms with van der Waals surface area (Å²) in [5.74, 6) is 0. The normalized spacial score (nSPS) is 10.7. The van der Waals surface area contributed by atoms with E-state index < -0.39 is 0 Å². The number of aryl methyl sites for hydroxylation is 1. The van der Waals surface area contributed by atoms with Crippen LogP contribution in [0.25, 0.3) is 21.8 Å². The molecule has 0 aliphatic heterocycles. The second-order valence-corrected chi connectivity index (χ2v) is 6.45. The molecule has 0 radical (unpaired) electrons. The Bertz CT molecular complexity index is 750.